The van der Waals surface area contributed by atoms with Gasteiger partial charge >= 0.3 is 0 Å². The predicted molar refractivity (Wildman–Crippen MR) is 97.0 cm³/mol. The van der Waals surface area contributed by atoms with Crippen LogP contribution < -0.4 is 5.73 Å². The molecule has 3 rings (SSSR count). The van der Waals surface area contributed by atoms with E-state index in [1.807, 2.05) is 49.4 Å². The van der Waals surface area contributed by atoms with E-state index in [4.69, 9.17) is 5.73 Å². The molecule has 1 fully saturated rings. The van der Waals surface area contributed by atoms with Crippen LogP contribution >= 0.6 is 0 Å². The molecule has 2 N–H and O–H groups in total. The first-order valence-corrected chi connectivity index (χ1v) is 9.84. The SMILES string of the molecule is CC(N)C1CCN(S(=O)(=O)c2ccc(-c3ccccc3)cc2)CC1. The molecule has 0 saturated carbocycles. The minimum atomic E-state index is -3.42. The van der Waals surface area contributed by atoms with Gasteiger partial charge in [-0.25, -0.2) is 8.42 Å². The van der Waals surface area contributed by atoms with Gasteiger partial charge in [-0.05, 0) is 48.9 Å². The summed E-state index contributed by atoms with van der Waals surface area (Å²) >= 11 is 0. The lowest BCUT2D eigenvalue weighted by Gasteiger charge is -2.32. The Balaban J connectivity index is 1.76. The van der Waals surface area contributed by atoms with Crippen LogP contribution in [0.2, 0.25) is 0 Å². The molecule has 0 bridgehead atoms. The standard InChI is InChI=1S/C19H24N2O2S/c1-15(20)16-11-13-21(14-12-16)24(22,23)19-9-7-18(8-10-19)17-5-3-2-4-6-17/h2-10,15-16H,11-14,20H2,1H3. The molecule has 5 heteroatoms. The van der Waals surface area contributed by atoms with Gasteiger partial charge in [-0.3, -0.25) is 0 Å². The molecule has 1 aliphatic heterocycles. The fourth-order valence-corrected chi connectivity index (χ4v) is 4.71. The molecular weight excluding hydrogens is 320 g/mol. The maximum atomic E-state index is 12.8. The van der Waals surface area contributed by atoms with Crippen LogP contribution in [0.1, 0.15) is 19.8 Å². The molecular formula is C19H24N2O2S. The van der Waals surface area contributed by atoms with Gasteiger partial charge in [0.2, 0.25) is 10.0 Å². The third-order valence-electron chi connectivity index (χ3n) is 4.84. The van der Waals surface area contributed by atoms with Gasteiger partial charge in [-0.2, -0.15) is 4.31 Å². The van der Waals surface area contributed by atoms with Crippen molar-refractivity contribution >= 4 is 10.0 Å². The molecule has 1 unspecified atom stereocenters. The lowest BCUT2D eigenvalue weighted by molar-refractivity contribution is 0.250. The van der Waals surface area contributed by atoms with E-state index in [0.29, 0.717) is 23.9 Å². The van der Waals surface area contributed by atoms with Crippen LogP contribution in [0, 0.1) is 5.92 Å². The smallest absolute Gasteiger partial charge is 0.243 e. The Morgan fingerprint density at radius 2 is 1.50 bits per heavy atom. The van der Waals surface area contributed by atoms with Crippen molar-refractivity contribution in [3.63, 3.8) is 0 Å². The van der Waals surface area contributed by atoms with Crippen LogP contribution in [0.4, 0.5) is 0 Å². The van der Waals surface area contributed by atoms with Crippen molar-refractivity contribution in [2.75, 3.05) is 13.1 Å². The molecule has 0 amide bonds. The van der Waals surface area contributed by atoms with Crippen molar-refractivity contribution in [2.45, 2.75) is 30.7 Å². The predicted octanol–water partition coefficient (Wildman–Crippen LogP) is 3.10. The number of nitrogens with zero attached hydrogens (tertiary/aromatic N) is 1. The molecule has 128 valence electrons. The van der Waals surface area contributed by atoms with Crippen LogP contribution in [0.5, 0.6) is 0 Å². The van der Waals surface area contributed by atoms with Gasteiger partial charge in [-0.1, -0.05) is 42.5 Å². The van der Waals surface area contributed by atoms with E-state index in [0.717, 1.165) is 24.0 Å². The Labute approximate surface area is 144 Å². The van der Waals surface area contributed by atoms with E-state index in [2.05, 4.69) is 0 Å². The van der Waals surface area contributed by atoms with Crippen LogP contribution in [-0.2, 0) is 10.0 Å². The summed E-state index contributed by atoms with van der Waals surface area (Å²) in [5.41, 5.74) is 8.04. The molecule has 1 aliphatic rings. The molecule has 2 aromatic carbocycles. The third-order valence-corrected chi connectivity index (χ3v) is 6.75. The molecule has 0 aromatic heterocycles. The minimum absolute atomic E-state index is 0.125. The summed E-state index contributed by atoms with van der Waals surface area (Å²) in [6.07, 6.45) is 1.66. The molecule has 2 aromatic rings. The average Bonchev–Trinajstić information content (AvgIpc) is 2.62. The highest BCUT2D eigenvalue weighted by Crippen LogP contribution is 2.27. The van der Waals surface area contributed by atoms with Crippen LogP contribution in [-0.4, -0.2) is 31.9 Å². The highest BCUT2D eigenvalue weighted by molar-refractivity contribution is 7.89. The number of hydrogen-bond donors (Lipinski definition) is 1. The van der Waals surface area contributed by atoms with Gasteiger partial charge in [0.05, 0.1) is 4.90 Å². The second-order valence-electron chi connectivity index (χ2n) is 6.49. The third kappa shape index (κ3) is 3.53. The van der Waals surface area contributed by atoms with Crippen molar-refractivity contribution in [1.82, 2.24) is 4.31 Å². The Morgan fingerprint density at radius 1 is 0.958 bits per heavy atom. The average molecular weight is 344 g/mol. The summed E-state index contributed by atoms with van der Waals surface area (Å²) in [6, 6.07) is 17.2. The van der Waals surface area contributed by atoms with E-state index < -0.39 is 10.0 Å². The van der Waals surface area contributed by atoms with Gasteiger partial charge in [0.25, 0.3) is 0 Å². The zero-order chi connectivity index (χ0) is 17.2. The Kier molecular flexibility index (Phi) is 5.04. The summed E-state index contributed by atoms with van der Waals surface area (Å²) in [7, 11) is -3.42. The Morgan fingerprint density at radius 3 is 2.04 bits per heavy atom. The van der Waals surface area contributed by atoms with Gasteiger partial charge in [0, 0.05) is 19.1 Å². The summed E-state index contributed by atoms with van der Waals surface area (Å²) in [4.78, 5) is 0.362. The molecule has 24 heavy (non-hydrogen) atoms. The van der Waals surface area contributed by atoms with Crippen molar-refractivity contribution in [2.24, 2.45) is 11.7 Å². The van der Waals surface area contributed by atoms with Crippen molar-refractivity contribution in [1.29, 1.82) is 0 Å². The Hall–Kier alpha value is -1.69. The fraction of sp³-hybridized carbons (Fsp3) is 0.368. The van der Waals surface area contributed by atoms with Gasteiger partial charge in [0.1, 0.15) is 0 Å². The van der Waals surface area contributed by atoms with Crippen LogP contribution in [0.15, 0.2) is 59.5 Å². The molecule has 0 aliphatic carbocycles. The molecule has 0 radical (unpaired) electrons. The number of benzene rings is 2. The summed E-state index contributed by atoms with van der Waals surface area (Å²) in [6.45, 7) is 3.10. The summed E-state index contributed by atoms with van der Waals surface area (Å²) < 4.78 is 27.2. The Bertz CT molecular complexity index is 763. The molecule has 1 saturated heterocycles. The fourth-order valence-electron chi connectivity index (χ4n) is 3.24. The number of sulfonamides is 1. The minimum Gasteiger partial charge on any atom is -0.328 e. The first-order chi connectivity index (χ1) is 11.5. The zero-order valence-electron chi connectivity index (χ0n) is 13.9. The zero-order valence-corrected chi connectivity index (χ0v) is 14.7. The van der Waals surface area contributed by atoms with Gasteiger partial charge in [0.15, 0.2) is 0 Å². The van der Waals surface area contributed by atoms with E-state index in [1.54, 1.807) is 16.4 Å². The van der Waals surface area contributed by atoms with Gasteiger partial charge in [-0.15, -0.1) is 0 Å². The number of hydrogen-bond acceptors (Lipinski definition) is 3. The highest BCUT2D eigenvalue weighted by Gasteiger charge is 2.30. The van der Waals surface area contributed by atoms with Crippen molar-refractivity contribution in [3.8, 4) is 11.1 Å². The second kappa shape index (κ2) is 7.05. The van der Waals surface area contributed by atoms with E-state index >= 15 is 0 Å². The number of rotatable bonds is 4. The van der Waals surface area contributed by atoms with Crippen molar-refractivity contribution in [3.05, 3.63) is 54.6 Å². The summed E-state index contributed by atoms with van der Waals surface area (Å²) in [5.74, 6) is 0.414. The highest BCUT2D eigenvalue weighted by atomic mass is 32.2. The normalized spacial score (nSPS) is 18.4. The van der Waals surface area contributed by atoms with E-state index in [-0.39, 0.29) is 6.04 Å². The lowest BCUT2D eigenvalue weighted by atomic mass is 9.92. The largest absolute Gasteiger partial charge is 0.328 e. The first kappa shape index (κ1) is 17.1. The molecule has 0 spiro atoms. The molecule has 4 nitrogen and oxygen atoms in total. The van der Waals surface area contributed by atoms with E-state index in [1.165, 1.54) is 0 Å². The van der Waals surface area contributed by atoms with E-state index in [9.17, 15) is 8.42 Å². The number of nitrogens with two attached hydrogens (primary N) is 1. The maximum Gasteiger partial charge on any atom is 0.243 e. The van der Waals surface area contributed by atoms with Crippen LogP contribution in [0.3, 0.4) is 0 Å². The molecule has 1 heterocycles. The van der Waals surface area contributed by atoms with Crippen LogP contribution in [0.25, 0.3) is 11.1 Å². The topological polar surface area (TPSA) is 63.4 Å². The molecule has 1 atom stereocenters. The maximum absolute atomic E-state index is 12.8. The van der Waals surface area contributed by atoms with Crippen molar-refractivity contribution < 1.29 is 8.42 Å². The number of piperidine rings is 1. The first-order valence-electron chi connectivity index (χ1n) is 8.40. The monoisotopic (exact) mass is 344 g/mol. The second-order valence-corrected chi connectivity index (χ2v) is 8.43. The summed E-state index contributed by atoms with van der Waals surface area (Å²) in [5, 5.41) is 0. The van der Waals surface area contributed by atoms with Gasteiger partial charge < -0.3 is 5.73 Å². The lowest BCUT2D eigenvalue weighted by Crippen LogP contribution is -2.42. The quantitative estimate of drug-likeness (QED) is 0.927.